The van der Waals surface area contributed by atoms with Gasteiger partial charge in [-0.15, -0.1) is 0 Å². The first kappa shape index (κ1) is 17.1. The van der Waals surface area contributed by atoms with E-state index in [0.717, 1.165) is 51.7 Å². The van der Waals surface area contributed by atoms with Crippen LogP contribution in [0.15, 0.2) is 0 Å². The molecule has 2 aliphatic rings. The fraction of sp³-hybridized carbons (Fsp3) is 1.00. The van der Waals surface area contributed by atoms with Gasteiger partial charge < -0.3 is 10.6 Å². The van der Waals surface area contributed by atoms with Gasteiger partial charge in [-0.05, 0) is 52.2 Å². The smallest absolute Gasteiger partial charge is 0.282 e. The third kappa shape index (κ3) is 4.39. The zero-order valence-corrected chi connectivity index (χ0v) is 14.0. The molecule has 21 heavy (non-hydrogen) atoms. The van der Waals surface area contributed by atoms with Crippen molar-refractivity contribution in [1.82, 2.24) is 13.5 Å². The van der Waals surface area contributed by atoms with E-state index in [1.54, 1.807) is 8.61 Å². The second-order valence-electron chi connectivity index (χ2n) is 6.20. The van der Waals surface area contributed by atoms with Crippen molar-refractivity contribution in [3.63, 3.8) is 0 Å². The Morgan fingerprint density at radius 3 is 2.57 bits per heavy atom. The lowest BCUT2D eigenvalue weighted by molar-refractivity contribution is 0.242. The zero-order valence-electron chi connectivity index (χ0n) is 13.2. The van der Waals surface area contributed by atoms with E-state index in [0.29, 0.717) is 26.2 Å². The van der Waals surface area contributed by atoms with Gasteiger partial charge in [0, 0.05) is 32.2 Å². The summed E-state index contributed by atoms with van der Waals surface area (Å²) in [6.07, 6.45) is 5.00. The number of hydrogen-bond donors (Lipinski definition) is 1. The second-order valence-corrected chi connectivity index (χ2v) is 8.08. The molecule has 0 spiro atoms. The fourth-order valence-electron chi connectivity index (χ4n) is 3.28. The van der Waals surface area contributed by atoms with E-state index >= 15 is 0 Å². The van der Waals surface area contributed by atoms with Gasteiger partial charge in [0.1, 0.15) is 0 Å². The SMILES string of the molecule is CC1CCCCN1S(=O)(=O)N1CCCN(CCCN)CC1. The van der Waals surface area contributed by atoms with E-state index in [2.05, 4.69) is 4.90 Å². The molecule has 0 aliphatic carbocycles. The van der Waals surface area contributed by atoms with Crippen LogP contribution in [0.25, 0.3) is 0 Å². The standard InChI is InChI=1S/C14H30N4O2S/c1-14-6-2-3-11-18(14)21(19,20)17-10-5-9-16(12-13-17)8-4-7-15/h14H,2-13,15H2,1H3. The fourth-order valence-corrected chi connectivity index (χ4v) is 5.17. The molecule has 0 aromatic carbocycles. The lowest BCUT2D eigenvalue weighted by atomic mass is 10.1. The van der Waals surface area contributed by atoms with Crippen molar-refractivity contribution in [3.8, 4) is 0 Å². The predicted molar refractivity (Wildman–Crippen MR) is 85.2 cm³/mol. The van der Waals surface area contributed by atoms with Gasteiger partial charge in [0.15, 0.2) is 0 Å². The molecular formula is C14H30N4O2S. The van der Waals surface area contributed by atoms with Crippen LogP contribution >= 0.6 is 0 Å². The second kappa shape index (κ2) is 7.87. The van der Waals surface area contributed by atoms with Crippen LogP contribution in [0, 0.1) is 0 Å². The summed E-state index contributed by atoms with van der Waals surface area (Å²) >= 11 is 0. The number of hydrogen-bond acceptors (Lipinski definition) is 4. The average molecular weight is 318 g/mol. The van der Waals surface area contributed by atoms with Crippen LogP contribution in [-0.4, -0.2) is 73.8 Å². The normalized spacial score (nSPS) is 27.6. The third-order valence-corrected chi connectivity index (χ3v) is 6.74. The topological polar surface area (TPSA) is 69.9 Å². The highest BCUT2D eigenvalue weighted by Gasteiger charge is 2.35. The van der Waals surface area contributed by atoms with E-state index in [9.17, 15) is 8.42 Å². The molecule has 0 bridgehead atoms. The van der Waals surface area contributed by atoms with Crippen LogP contribution < -0.4 is 5.73 Å². The molecule has 2 fully saturated rings. The highest BCUT2D eigenvalue weighted by Crippen LogP contribution is 2.23. The van der Waals surface area contributed by atoms with Crippen molar-refractivity contribution in [2.24, 2.45) is 5.73 Å². The molecule has 0 aromatic heterocycles. The first-order valence-corrected chi connectivity index (χ1v) is 9.64. The molecule has 2 rings (SSSR count). The summed E-state index contributed by atoms with van der Waals surface area (Å²) in [5, 5.41) is 0. The van der Waals surface area contributed by atoms with Crippen LogP contribution in [0.2, 0.25) is 0 Å². The number of rotatable bonds is 5. The minimum absolute atomic E-state index is 0.139. The Kier molecular flexibility index (Phi) is 6.43. The van der Waals surface area contributed by atoms with E-state index in [-0.39, 0.29) is 6.04 Å². The molecule has 0 saturated carbocycles. The highest BCUT2D eigenvalue weighted by molar-refractivity contribution is 7.86. The summed E-state index contributed by atoms with van der Waals surface area (Å²) in [4.78, 5) is 2.34. The number of piperidine rings is 1. The highest BCUT2D eigenvalue weighted by atomic mass is 32.2. The molecule has 2 aliphatic heterocycles. The molecule has 6 nitrogen and oxygen atoms in total. The molecule has 2 N–H and O–H groups in total. The lowest BCUT2D eigenvalue weighted by Crippen LogP contribution is -2.50. The van der Waals surface area contributed by atoms with Gasteiger partial charge in [-0.2, -0.15) is 17.0 Å². The Balaban J connectivity index is 1.97. The molecule has 0 amide bonds. The summed E-state index contributed by atoms with van der Waals surface area (Å²) < 4.78 is 29.1. The van der Waals surface area contributed by atoms with Gasteiger partial charge >= 0.3 is 0 Å². The van der Waals surface area contributed by atoms with Crippen molar-refractivity contribution in [2.75, 3.05) is 45.8 Å². The molecule has 2 heterocycles. The minimum Gasteiger partial charge on any atom is -0.330 e. The Hall–Kier alpha value is -0.210. The summed E-state index contributed by atoms with van der Waals surface area (Å²) in [6.45, 7) is 7.43. The molecule has 7 heteroatoms. The van der Waals surface area contributed by atoms with Crippen molar-refractivity contribution in [1.29, 1.82) is 0 Å². The Bertz CT molecular complexity index is 415. The van der Waals surface area contributed by atoms with Gasteiger partial charge in [0.25, 0.3) is 10.2 Å². The van der Waals surface area contributed by atoms with Crippen molar-refractivity contribution in [3.05, 3.63) is 0 Å². The van der Waals surface area contributed by atoms with Crippen LogP contribution in [0.4, 0.5) is 0 Å². The quantitative estimate of drug-likeness (QED) is 0.800. The van der Waals surface area contributed by atoms with Crippen molar-refractivity contribution in [2.45, 2.75) is 45.1 Å². The maximum Gasteiger partial charge on any atom is 0.282 e. The summed E-state index contributed by atoms with van der Waals surface area (Å²) in [5.74, 6) is 0. The largest absolute Gasteiger partial charge is 0.330 e. The minimum atomic E-state index is -3.29. The monoisotopic (exact) mass is 318 g/mol. The molecular weight excluding hydrogens is 288 g/mol. The van der Waals surface area contributed by atoms with Crippen molar-refractivity contribution < 1.29 is 8.42 Å². The molecule has 124 valence electrons. The zero-order chi connectivity index (χ0) is 15.3. The lowest BCUT2D eigenvalue weighted by Gasteiger charge is -2.36. The van der Waals surface area contributed by atoms with Gasteiger partial charge in [-0.3, -0.25) is 0 Å². The van der Waals surface area contributed by atoms with Gasteiger partial charge in [0.2, 0.25) is 0 Å². The molecule has 0 radical (unpaired) electrons. The number of nitrogens with two attached hydrogens (primary N) is 1. The average Bonchev–Trinajstić information content (AvgIpc) is 2.71. The van der Waals surface area contributed by atoms with Crippen LogP contribution in [0.1, 0.15) is 39.0 Å². The van der Waals surface area contributed by atoms with Gasteiger partial charge in [0.05, 0.1) is 0 Å². The third-order valence-electron chi connectivity index (χ3n) is 4.59. The number of nitrogens with zero attached hydrogens (tertiary/aromatic N) is 3. The first-order valence-electron chi connectivity index (χ1n) is 8.25. The van der Waals surface area contributed by atoms with Gasteiger partial charge in [-0.25, -0.2) is 0 Å². The van der Waals surface area contributed by atoms with E-state index < -0.39 is 10.2 Å². The summed E-state index contributed by atoms with van der Waals surface area (Å²) in [5.41, 5.74) is 5.55. The molecule has 1 unspecified atom stereocenters. The van der Waals surface area contributed by atoms with E-state index in [4.69, 9.17) is 5.73 Å². The van der Waals surface area contributed by atoms with Gasteiger partial charge in [-0.1, -0.05) is 6.42 Å². The first-order chi connectivity index (χ1) is 10.1. The predicted octanol–water partition coefficient (Wildman–Crippen LogP) is 0.462. The summed E-state index contributed by atoms with van der Waals surface area (Å²) in [7, 11) is -3.29. The molecule has 2 saturated heterocycles. The maximum atomic E-state index is 12.8. The van der Waals surface area contributed by atoms with E-state index in [1.165, 1.54) is 0 Å². The Labute approximate surface area is 129 Å². The maximum absolute atomic E-state index is 12.8. The van der Waals surface area contributed by atoms with Crippen LogP contribution in [-0.2, 0) is 10.2 Å². The molecule has 0 aromatic rings. The van der Waals surface area contributed by atoms with Crippen molar-refractivity contribution >= 4 is 10.2 Å². The summed E-state index contributed by atoms with van der Waals surface area (Å²) in [6, 6.07) is 0.139. The van der Waals surface area contributed by atoms with Crippen LogP contribution in [0.3, 0.4) is 0 Å². The van der Waals surface area contributed by atoms with Crippen LogP contribution in [0.5, 0.6) is 0 Å². The molecule has 1 atom stereocenters. The van der Waals surface area contributed by atoms with E-state index in [1.807, 2.05) is 6.92 Å². The Morgan fingerprint density at radius 1 is 1.05 bits per heavy atom. The Morgan fingerprint density at radius 2 is 1.86 bits per heavy atom.